The van der Waals surface area contributed by atoms with Gasteiger partial charge in [-0.05, 0) is 24.3 Å². The van der Waals surface area contributed by atoms with Gasteiger partial charge in [-0.3, -0.25) is 14.5 Å². The average Bonchev–Trinajstić information content (AvgIpc) is 2.65. The molecule has 1 N–H and O–H groups in total. The van der Waals surface area contributed by atoms with Crippen molar-refractivity contribution in [3.8, 4) is 5.75 Å². The predicted octanol–water partition coefficient (Wildman–Crippen LogP) is 0.960. The van der Waals surface area contributed by atoms with E-state index in [1.54, 1.807) is 6.92 Å². The molecule has 2 unspecified atom stereocenters. The molecule has 20 heavy (non-hydrogen) atoms. The van der Waals surface area contributed by atoms with Crippen molar-refractivity contribution in [3.63, 3.8) is 0 Å². The van der Waals surface area contributed by atoms with E-state index in [-0.39, 0.29) is 43.1 Å². The quantitative estimate of drug-likeness (QED) is 0.816. The SMILES string of the molecule is CC1CC(=O)N(CC(O)COc2ccc(F)cc2)C1=O. The molecule has 0 spiro atoms. The number of nitrogens with zero attached hydrogens (tertiary/aromatic N) is 1. The highest BCUT2D eigenvalue weighted by atomic mass is 19.1. The molecule has 0 saturated carbocycles. The molecule has 2 atom stereocenters. The Kier molecular flexibility index (Phi) is 4.34. The van der Waals surface area contributed by atoms with Crippen LogP contribution in [-0.2, 0) is 9.59 Å². The molecule has 0 bridgehead atoms. The summed E-state index contributed by atoms with van der Waals surface area (Å²) in [7, 11) is 0. The van der Waals surface area contributed by atoms with Crippen LogP contribution in [0.5, 0.6) is 5.75 Å². The number of aliphatic hydroxyl groups excluding tert-OH is 1. The number of halogens is 1. The van der Waals surface area contributed by atoms with Gasteiger partial charge in [0.05, 0.1) is 6.54 Å². The summed E-state index contributed by atoms with van der Waals surface area (Å²) in [5.41, 5.74) is 0. The number of hydrogen-bond donors (Lipinski definition) is 1. The number of aliphatic hydroxyl groups is 1. The number of amides is 2. The Balaban J connectivity index is 1.83. The number of hydrogen-bond acceptors (Lipinski definition) is 4. The lowest BCUT2D eigenvalue weighted by Gasteiger charge is -2.19. The van der Waals surface area contributed by atoms with Crippen LogP contribution in [0.2, 0.25) is 0 Å². The molecule has 1 fully saturated rings. The van der Waals surface area contributed by atoms with Crippen LogP contribution in [0.1, 0.15) is 13.3 Å². The molecule has 5 nitrogen and oxygen atoms in total. The zero-order valence-electron chi connectivity index (χ0n) is 11.1. The first kappa shape index (κ1) is 14.5. The van der Waals surface area contributed by atoms with Gasteiger partial charge in [0.25, 0.3) is 0 Å². The van der Waals surface area contributed by atoms with Crippen molar-refractivity contribution in [2.75, 3.05) is 13.2 Å². The van der Waals surface area contributed by atoms with Crippen LogP contribution in [-0.4, -0.2) is 41.1 Å². The molecule has 6 heteroatoms. The number of β-amino-alcohol motifs (C(OH)–C–C–N with tert-alkyl or cyclic N) is 1. The van der Waals surface area contributed by atoms with E-state index < -0.39 is 6.10 Å². The Bertz CT molecular complexity index is 502. The van der Waals surface area contributed by atoms with Crippen molar-refractivity contribution in [2.45, 2.75) is 19.4 Å². The van der Waals surface area contributed by atoms with Crippen LogP contribution >= 0.6 is 0 Å². The average molecular weight is 281 g/mol. The Labute approximate surface area is 116 Å². The summed E-state index contributed by atoms with van der Waals surface area (Å²) < 4.78 is 18.0. The number of carbonyl (C=O) groups is 2. The fourth-order valence-electron chi connectivity index (χ4n) is 2.03. The Morgan fingerprint density at radius 1 is 1.40 bits per heavy atom. The van der Waals surface area contributed by atoms with Gasteiger partial charge in [-0.2, -0.15) is 0 Å². The first-order valence-electron chi connectivity index (χ1n) is 6.38. The third kappa shape index (κ3) is 3.33. The standard InChI is InChI=1S/C14H16FNO4/c1-9-6-13(18)16(14(9)19)7-11(17)8-20-12-4-2-10(15)3-5-12/h2-5,9,11,17H,6-8H2,1H3. The zero-order valence-corrected chi connectivity index (χ0v) is 11.1. The van der Waals surface area contributed by atoms with Gasteiger partial charge < -0.3 is 9.84 Å². The first-order chi connectivity index (χ1) is 9.47. The summed E-state index contributed by atoms with van der Waals surface area (Å²) in [6, 6.07) is 5.38. The summed E-state index contributed by atoms with van der Waals surface area (Å²) >= 11 is 0. The topological polar surface area (TPSA) is 66.8 Å². The summed E-state index contributed by atoms with van der Waals surface area (Å²) in [5, 5.41) is 9.80. The minimum atomic E-state index is -0.974. The van der Waals surface area contributed by atoms with E-state index in [9.17, 15) is 19.1 Å². The molecular weight excluding hydrogens is 265 g/mol. The minimum Gasteiger partial charge on any atom is -0.491 e. The zero-order chi connectivity index (χ0) is 14.7. The monoisotopic (exact) mass is 281 g/mol. The Morgan fingerprint density at radius 3 is 2.60 bits per heavy atom. The van der Waals surface area contributed by atoms with Crippen molar-refractivity contribution in [1.29, 1.82) is 0 Å². The van der Waals surface area contributed by atoms with Gasteiger partial charge in [-0.25, -0.2) is 4.39 Å². The third-order valence-corrected chi connectivity index (χ3v) is 3.12. The second-order valence-corrected chi connectivity index (χ2v) is 4.87. The molecule has 2 amide bonds. The van der Waals surface area contributed by atoms with Crippen molar-refractivity contribution in [3.05, 3.63) is 30.1 Å². The normalized spacial score (nSPS) is 20.4. The number of carbonyl (C=O) groups excluding carboxylic acids is 2. The molecule has 1 aliphatic heterocycles. The lowest BCUT2D eigenvalue weighted by atomic mass is 10.1. The molecule has 2 rings (SSSR count). The lowest BCUT2D eigenvalue weighted by molar-refractivity contribution is -0.141. The van der Waals surface area contributed by atoms with E-state index in [0.29, 0.717) is 5.75 Å². The van der Waals surface area contributed by atoms with Gasteiger partial charge in [0.2, 0.25) is 11.8 Å². The maximum atomic E-state index is 12.7. The maximum Gasteiger partial charge on any atom is 0.232 e. The number of imide groups is 1. The molecule has 1 aliphatic rings. The van der Waals surface area contributed by atoms with E-state index in [1.165, 1.54) is 24.3 Å². The number of rotatable bonds is 5. The second kappa shape index (κ2) is 6.00. The van der Waals surface area contributed by atoms with E-state index in [2.05, 4.69) is 0 Å². The van der Waals surface area contributed by atoms with Gasteiger partial charge in [0, 0.05) is 12.3 Å². The van der Waals surface area contributed by atoms with E-state index in [0.717, 1.165) is 4.90 Å². The van der Waals surface area contributed by atoms with Crippen LogP contribution in [0.4, 0.5) is 4.39 Å². The number of likely N-dealkylation sites (tertiary alicyclic amines) is 1. The van der Waals surface area contributed by atoms with E-state index >= 15 is 0 Å². The molecular formula is C14H16FNO4. The minimum absolute atomic E-state index is 0.0723. The summed E-state index contributed by atoms with van der Waals surface area (Å²) in [4.78, 5) is 24.3. The molecule has 0 aromatic heterocycles. The van der Waals surface area contributed by atoms with Crippen LogP contribution in [0.15, 0.2) is 24.3 Å². The number of benzene rings is 1. The Morgan fingerprint density at radius 2 is 2.05 bits per heavy atom. The number of ether oxygens (including phenoxy) is 1. The van der Waals surface area contributed by atoms with Crippen molar-refractivity contribution < 1.29 is 23.8 Å². The lowest BCUT2D eigenvalue weighted by Crippen LogP contribution is -2.39. The Hall–Kier alpha value is -1.95. The van der Waals surface area contributed by atoms with E-state index in [4.69, 9.17) is 4.74 Å². The van der Waals surface area contributed by atoms with Crippen LogP contribution in [0.25, 0.3) is 0 Å². The van der Waals surface area contributed by atoms with E-state index in [1.807, 2.05) is 0 Å². The highest BCUT2D eigenvalue weighted by Gasteiger charge is 2.36. The van der Waals surface area contributed by atoms with Gasteiger partial charge in [0.1, 0.15) is 24.3 Å². The smallest absolute Gasteiger partial charge is 0.232 e. The second-order valence-electron chi connectivity index (χ2n) is 4.87. The van der Waals surface area contributed by atoms with Gasteiger partial charge in [-0.15, -0.1) is 0 Å². The van der Waals surface area contributed by atoms with Gasteiger partial charge in [0.15, 0.2) is 0 Å². The first-order valence-corrected chi connectivity index (χ1v) is 6.38. The van der Waals surface area contributed by atoms with Gasteiger partial charge >= 0.3 is 0 Å². The summed E-state index contributed by atoms with van der Waals surface area (Å²) in [6.07, 6.45) is -0.789. The molecule has 0 aliphatic carbocycles. The molecule has 1 heterocycles. The van der Waals surface area contributed by atoms with Crippen molar-refractivity contribution >= 4 is 11.8 Å². The van der Waals surface area contributed by atoms with Gasteiger partial charge in [-0.1, -0.05) is 6.92 Å². The summed E-state index contributed by atoms with van der Waals surface area (Å²) in [5.74, 6) is -0.829. The van der Waals surface area contributed by atoms with Crippen LogP contribution in [0, 0.1) is 11.7 Å². The fraction of sp³-hybridized carbons (Fsp3) is 0.429. The highest BCUT2D eigenvalue weighted by molar-refractivity contribution is 6.03. The van der Waals surface area contributed by atoms with Crippen molar-refractivity contribution in [2.24, 2.45) is 5.92 Å². The van der Waals surface area contributed by atoms with Crippen LogP contribution in [0.3, 0.4) is 0 Å². The molecule has 0 radical (unpaired) electrons. The molecule has 1 aromatic carbocycles. The largest absolute Gasteiger partial charge is 0.491 e. The maximum absolute atomic E-state index is 12.7. The predicted molar refractivity (Wildman–Crippen MR) is 68.4 cm³/mol. The summed E-state index contributed by atoms with van der Waals surface area (Å²) in [6.45, 7) is 1.53. The third-order valence-electron chi connectivity index (χ3n) is 3.12. The van der Waals surface area contributed by atoms with Crippen molar-refractivity contribution in [1.82, 2.24) is 4.90 Å². The molecule has 1 saturated heterocycles. The fourth-order valence-corrected chi connectivity index (χ4v) is 2.03. The molecule has 1 aromatic rings. The molecule has 108 valence electrons. The highest BCUT2D eigenvalue weighted by Crippen LogP contribution is 2.19. The van der Waals surface area contributed by atoms with Crippen LogP contribution < -0.4 is 4.74 Å².